The smallest absolute Gasteiger partial charge is 0.158 e. The highest BCUT2D eigenvalue weighted by atomic mass is 16.5. The molecule has 0 aliphatic heterocycles. The van der Waals surface area contributed by atoms with Crippen LogP contribution in [-0.4, -0.2) is 29.2 Å². The Morgan fingerprint density at radius 3 is 2.52 bits per heavy atom. The molecule has 2 aromatic carbocycles. The van der Waals surface area contributed by atoms with E-state index in [4.69, 9.17) is 19.4 Å². The first kappa shape index (κ1) is 13.8. The number of rotatable bonds is 2. The molecular weight excluding hydrogens is 290 g/mol. The number of hydrogen-bond donors (Lipinski definition) is 1. The van der Waals surface area contributed by atoms with Gasteiger partial charge in [-0.15, -0.1) is 0 Å². The summed E-state index contributed by atoms with van der Waals surface area (Å²) in [6.07, 6.45) is 0. The van der Waals surface area contributed by atoms with Crippen LogP contribution in [0.15, 0.2) is 24.3 Å². The van der Waals surface area contributed by atoms with Crippen molar-refractivity contribution in [2.75, 3.05) is 14.2 Å². The van der Waals surface area contributed by atoms with Crippen molar-refractivity contribution in [3.05, 3.63) is 35.4 Å². The van der Waals surface area contributed by atoms with Crippen LogP contribution in [0.2, 0.25) is 0 Å². The van der Waals surface area contributed by atoms with Gasteiger partial charge in [-0.3, -0.25) is 0 Å². The number of nitrogens with zero attached hydrogens (tertiary/aromatic N) is 2. The Balaban J connectivity index is 2.18. The molecule has 0 spiro atoms. The van der Waals surface area contributed by atoms with Crippen molar-refractivity contribution in [2.24, 2.45) is 0 Å². The lowest BCUT2D eigenvalue weighted by molar-refractivity contribution is 0.398. The zero-order chi connectivity index (χ0) is 16.1. The van der Waals surface area contributed by atoms with Gasteiger partial charge >= 0.3 is 0 Å². The van der Waals surface area contributed by atoms with Gasteiger partial charge in [0.25, 0.3) is 0 Å². The lowest BCUT2D eigenvalue weighted by atomic mass is 10.1. The van der Waals surface area contributed by atoms with Gasteiger partial charge in [0.15, 0.2) is 5.65 Å². The van der Waals surface area contributed by atoms with E-state index in [0.29, 0.717) is 0 Å². The second-order valence-corrected chi connectivity index (χ2v) is 5.67. The highest BCUT2D eigenvalue weighted by Crippen LogP contribution is 2.36. The maximum absolute atomic E-state index is 5.53. The summed E-state index contributed by atoms with van der Waals surface area (Å²) in [4.78, 5) is 12.9. The van der Waals surface area contributed by atoms with E-state index in [1.165, 1.54) is 5.56 Å². The molecule has 5 heteroatoms. The number of ether oxygens (including phenoxy) is 2. The third-order valence-corrected chi connectivity index (χ3v) is 4.38. The van der Waals surface area contributed by atoms with Crippen LogP contribution in [0.3, 0.4) is 0 Å². The number of H-pyrrole nitrogens is 1. The number of methoxy groups -OCH3 is 2. The van der Waals surface area contributed by atoms with E-state index in [1.807, 2.05) is 18.2 Å². The van der Waals surface area contributed by atoms with Crippen molar-refractivity contribution in [1.82, 2.24) is 15.0 Å². The number of aromatic amines is 1. The van der Waals surface area contributed by atoms with E-state index in [1.54, 1.807) is 14.2 Å². The summed E-state index contributed by atoms with van der Waals surface area (Å²) in [5.74, 6) is 1.46. The third kappa shape index (κ3) is 1.93. The van der Waals surface area contributed by atoms with Crippen LogP contribution in [0.25, 0.3) is 33.1 Å². The number of hydrogen-bond acceptors (Lipinski definition) is 4. The first-order chi connectivity index (χ1) is 11.1. The fraction of sp³-hybridized carbons (Fsp3) is 0.222. The van der Waals surface area contributed by atoms with Gasteiger partial charge in [-0.2, -0.15) is 0 Å². The molecule has 0 amide bonds. The van der Waals surface area contributed by atoms with Crippen LogP contribution < -0.4 is 9.47 Å². The fourth-order valence-electron chi connectivity index (χ4n) is 2.96. The molecule has 0 saturated carbocycles. The average Bonchev–Trinajstić information content (AvgIpc) is 2.93. The van der Waals surface area contributed by atoms with Gasteiger partial charge in [-0.25, -0.2) is 9.97 Å². The lowest BCUT2D eigenvalue weighted by Crippen LogP contribution is -1.91. The quantitative estimate of drug-likeness (QED) is 0.610. The molecule has 0 aliphatic rings. The molecule has 2 aromatic heterocycles. The third-order valence-electron chi connectivity index (χ3n) is 4.38. The van der Waals surface area contributed by atoms with Crippen molar-refractivity contribution < 1.29 is 9.47 Å². The Kier molecular flexibility index (Phi) is 2.91. The minimum absolute atomic E-state index is 0.726. The van der Waals surface area contributed by atoms with E-state index in [0.717, 1.165) is 50.2 Å². The summed E-state index contributed by atoms with van der Waals surface area (Å²) in [5.41, 5.74) is 6.65. The molecule has 1 N–H and O–H groups in total. The molecule has 0 fully saturated rings. The SMILES string of the molecule is COc1cc(OC)c2c(c1)[nH]c1nc3ccc(C)c(C)c3nc12. The standard InChI is InChI=1S/C18H17N3O2/c1-9-5-6-12-16(10(9)2)21-17-15-13(20-18(17)19-12)7-11(22-3)8-14(15)23-4/h5-8H,1-4H3,(H,19,20). The van der Waals surface area contributed by atoms with E-state index < -0.39 is 0 Å². The lowest BCUT2D eigenvalue weighted by Gasteiger charge is -2.06. The second-order valence-electron chi connectivity index (χ2n) is 5.67. The van der Waals surface area contributed by atoms with Gasteiger partial charge in [0, 0.05) is 12.1 Å². The van der Waals surface area contributed by atoms with E-state index in [-0.39, 0.29) is 0 Å². The molecule has 0 saturated heterocycles. The largest absolute Gasteiger partial charge is 0.497 e. The summed E-state index contributed by atoms with van der Waals surface area (Å²) < 4.78 is 10.9. The molecule has 0 aliphatic carbocycles. The molecule has 2 heterocycles. The summed E-state index contributed by atoms with van der Waals surface area (Å²) in [5, 5.41) is 0.929. The fourth-order valence-corrected chi connectivity index (χ4v) is 2.96. The Bertz CT molecular complexity index is 1070. The first-order valence-corrected chi connectivity index (χ1v) is 7.43. The predicted octanol–water partition coefficient (Wildman–Crippen LogP) is 3.90. The topological polar surface area (TPSA) is 60.0 Å². The Labute approximate surface area is 133 Å². The minimum Gasteiger partial charge on any atom is -0.497 e. The number of aromatic nitrogens is 3. The number of benzene rings is 2. The Hall–Kier alpha value is -2.82. The van der Waals surface area contributed by atoms with Crippen LogP contribution in [-0.2, 0) is 0 Å². The predicted molar refractivity (Wildman–Crippen MR) is 91.5 cm³/mol. The molecule has 5 nitrogen and oxygen atoms in total. The van der Waals surface area contributed by atoms with Crippen molar-refractivity contribution in [3.63, 3.8) is 0 Å². The average molecular weight is 307 g/mol. The Morgan fingerprint density at radius 1 is 0.957 bits per heavy atom. The van der Waals surface area contributed by atoms with Crippen LogP contribution >= 0.6 is 0 Å². The van der Waals surface area contributed by atoms with Gasteiger partial charge in [-0.1, -0.05) is 6.07 Å². The van der Waals surface area contributed by atoms with Crippen LogP contribution in [0.5, 0.6) is 11.5 Å². The molecule has 4 aromatic rings. The maximum atomic E-state index is 5.53. The van der Waals surface area contributed by atoms with Gasteiger partial charge in [0.1, 0.15) is 17.0 Å². The zero-order valence-electron chi connectivity index (χ0n) is 13.5. The van der Waals surface area contributed by atoms with Crippen LogP contribution in [0.1, 0.15) is 11.1 Å². The van der Waals surface area contributed by atoms with Crippen LogP contribution in [0.4, 0.5) is 0 Å². The zero-order valence-corrected chi connectivity index (χ0v) is 13.5. The molecule has 4 rings (SSSR count). The number of nitrogens with one attached hydrogen (secondary N) is 1. The number of aryl methyl sites for hydroxylation is 2. The summed E-state index contributed by atoms with van der Waals surface area (Å²) >= 11 is 0. The molecule has 0 atom stereocenters. The van der Waals surface area contributed by atoms with Gasteiger partial charge in [0.05, 0.1) is 36.2 Å². The van der Waals surface area contributed by atoms with Crippen molar-refractivity contribution in [2.45, 2.75) is 13.8 Å². The van der Waals surface area contributed by atoms with E-state index in [9.17, 15) is 0 Å². The molecule has 116 valence electrons. The molecule has 0 bridgehead atoms. The molecule has 0 unspecified atom stereocenters. The van der Waals surface area contributed by atoms with Crippen molar-refractivity contribution >= 4 is 33.1 Å². The van der Waals surface area contributed by atoms with Gasteiger partial charge in [0.2, 0.25) is 0 Å². The van der Waals surface area contributed by atoms with E-state index in [2.05, 4.69) is 24.9 Å². The first-order valence-electron chi connectivity index (χ1n) is 7.43. The molecule has 0 radical (unpaired) electrons. The molecular formula is C18H17N3O2. The Morgan fingerprint density at radius 2 is 1.78 bits per heavy atom. The second kappa shape index (κ2) is 4.84. The summed E-state index contributed by atoms with van der Waals surface area (Å²) in [6, 6.07) is 7.88. The minimum atomic E-state index is 0.726. The monoisotopic (exact) mass is 307 g/mol. The summed E-state index contributed by atoms with van der Waals surface area (Å²) in [6.45, 7) is 4.16. The van der Waals surface area contributed by atoms with Crippen molar-refractivity contribution in [1.29, 1.82) is 0 Å². The summed E-state index contributed by atoms with van der Waals surface area (Å²) in [7, 11) is 3.29. The highest BCUT2D eigenvalue weighted by Gasteiger charge is 2.15. The molecule has 23 heavy (non-hydrogen) atoms. The van der Waals surface area contributed by atoms with E-state index >= 15 is 0 Å². The maximum Gasteiger partial charge on any atom is 0.158 e. The van der Waals surface area contributed by atoms with Crippen LogP contribution in [0, 0.1) is 13.8 Å². The van der Waals surface area contributed by atoms with Gasteiger partial charge in [-0.05, 0) is 31.0 Å². The van der Waals surface area contributed by atoms with Crippen molar-refractivity contribution in [3.8, 4) is 11.5 Å². The number of fused-ring (bicyclic) bond motifs is 4. The van der Waals surface area contributed by atoms with Gasteiger partial charge < -0.3 is 14.5 Å². The normalized spacial score (nSPS) is 11.5. The highest BCUT2D eigenvalue weighted by molar-refractivity contribution is 6.09.